The molecule has 1 aliphatic heterocycles. The number of halogens is 7. The van der Waals surface area contributed by atoms with Crippen LogP contribution in [0, 0.1) is 29.1 Å². The second kappa shape index (κ2) is 9.79. The SMILES string of the molecule is O=C(Nc1ccc(N2CCN(c3c(F)c(F)c(F)c(F)c3F)CC2)cc1)c1cc(Br)ccc1Cl. The van der Waals surface area contributed by atoms with Crippen LogP contribution in [0.1, 0.15) is 10.4 Å². The molecule has 4 rings (SSSR count). The van der Waals surface area contributed by atoms with Crippen LogP contribution in [-0.4, -0.2) is 32.1 Å². The van der Waals surface area contributed by atoms with Gasteiger partial charge in [-0.25, -0.2) is 22.0 Å². The van der Waals surface area contributed by atoms with Gasteiger partial charge in [-0.1, -0.05) is 27.5 Å². The van der Waals surface area contributed by atoms with Crippen molar-refractivity contribution in [1.29, 1.82) is 0 Å². The summed E-state index contributed by atoms with van der Waals surface area (Å²) in [6.07, 6.45) is 0. The van der Waals surface area contributed by atoms with Gasteiger partial charge in [0, 0.05) is 42.0 Å². The molecule has 1 saturated heterocycles. The molecule has 0 atom stereocenters. The number of benzene rings is 3. The average Bonchev–Trinajstić information content (AvgIpc) is 2.84. The van der Waals surface area contributed by atoms with Gasteiger partial charge in [0.2, 0.25) is 5.82 Å². The van der Waals surface area contributed by atoms with Crippen LogP contribution in [0.5, 0.6) is 0 Å². The van der Waals surface area contributed by atoms with Crippen molar-refractivity contribution in [3.8, 4) is 0 Å². The van der Waals surface area contributed by atoms with Crippen LogP contribution in [0.25, 0.3) is 0 Å². The van der Waals surface area contributed by atoms with Gasteiger partial charge in [0.15, 0.2) is 23.3 Å². The molecule has 1 aliphatic rings. The summed E-state index contributed by atoms with van der Waals surface area (Å²) in [5.41, 5.74) is 0.699. The Morgan fingerprint density at radius 3 is 1.91 bits per heavy atom. The molecule has 0 aromatic heterocycles. The van der Waals surface area contributed by atoms with E-state index in [2.05, 4.69) is 21.2 Å². The third kappa shape index (κ3) is 4.69. The van der Waals surface area contributed by atoms with E-state index >= 15 is 0 Å². The van der Waals surface area contributed by atoms with E-state index < -0.39 is 34.8 Å². The van der Waals surface area contributed by atoms with Gasteiger partial charge in [-0.3, -0.25) is 4.79 Å². The predicted molar refractivity (Wildman–Crippen MR) is 124 cm³/mol. The number of hydrogen-bond donors (Lipinski definition) is 1. The van der Waals surface area contributed by atoms with Crippen LogP contribution in [0.2, 0.25) is 5.02 Å². The van der Waals surface area contributed by atoms with E-state index in [0.717, 1.165) is 10.6 Å². The zero-order chi connectivity index (χ0) is 24.6. The summed E-state index contributed by atoms with van der Waals surface area (Å²) >= 11 is 9.38. The lowest BCUT2D eigenvalue weighted by Crippen LogP contribution is -2.47. The molecule has 11 heteroatoms. The highest BCUT2D eigenvalue weighted by Crippen LogP contribution is 2.31. The molecule has 34 heavy (non-hydrogen) atoms. The van der Waals surface area contributed by atoms with Crippen molar-refractivity contribution in [2.45, 2.75) is 0 Å². The van der Waals surface area contributed by atoms with Gasteiger partial charge in [0.25, 0.3) is 5.91 Å². The molecule has 0 radical (unpaired) electrons. The topological polar surface area (TPSA) is 35.6 Å². The molecule has 0 spiro atoms. The minimum Gasteiger partial charge on any atom is -0.368 e. The molecule has 3 aromatic carbocycles. The van der Waals surface area contributed by atoms with E-state index in [-0.39, 0.29) is 19.0 Å². The summed E-state index contributed by atoms with van der Waals surface area (Å²) in [5.74, 6) is -10.1. The van der Waals surface area contributed by atoms with Gasteiger partial charge >= 0.3 is 0 Å². The number of piperazine rings is 1. The lowest BCUT2D eigenvalue weighted by Gasteiger charge is -2.37. The Balaban J connectivity index is 1.42. The summed E-state index contributed by atoms with van der Waals surface area (Å²) in [4.78, 5) is 15.5. The monoisotopic (exact) mass is 559 g/mol. The molecule has 1 heterocycles. The second-order valence-corrected chi connectivity index (χ2v) is 8.84. The normalized spacial score (nSPS) is 13.9. The van der Waals surface area contributed by atoms with Crippen molar-refractivity contribution in [2.24, 2.45) is 0 Å². The predicted octanol–water partition coefficient (Wildman–Crippen LogP) is 6.38. The number of amides is 1. The van der Waals surface area contributed by atoms with Crippen LogP contribution >= 0.6 is 27.5 Å². The highest BCUT2D eigenvalue weighted by atomic mass is 79.9. The molecule has 0 saturated carbocycles. The number of rotatable bonds is 4. The van der Waals surface area contributed by atoms with Crippen molar-refractivity contribution < 1.29 is 26.7 Å². The number of carbonyl (C=O) groups excluding carboxylic acids is 1. The quantitative estimate of drug-likeness (QED) is 0.229. The fourth-order valence-corrected chi connectivity index (χ4v) is 4.25. The van der Waals surface area contributed by atoms with E-state index in [1.165, 1.54) is 0 Å². The Morgan fingerprint density at radius 2 is 1.32 bits per heavy atom. The lowest BCUT2D eigenvalue weighted by molar-refractivity contribution is 0.102. The van der Waals surface area contributed by atoms with Crippen molar-refractivity contribution in [2.75, 3.05) is 41.3 Å². The van der Waals surface area contributed by atoms with Crippen LogP contribution in [0.3, 0.4) is 0 Å². The third-order valence-electron chi connectivity index (χ3n) is 5.45. The summed E-state index contributed by atoms with van der Waals surface area (Å²) < 4.78 is 69.3. The first-order valence-electron chi connectivity index (χ1n) is 10.0. The van der Waals surface area contributed by atoms with E-state index in [4.69, 9.17) is 11.6 Å². The molecule has 1 amide bonds. The Hall–Kier alpha value is -2.85. The molecule has 1 fully saturated rings. The molecule has 178 valence electrons. The summed E-state index contributed by atoms with van der Waals surface area (Å²) in [6, 6.07) is 11.8. The first-order valence-corrected chi connectivity index (χ1v) is 11.2. The first-order chi connectivity index (χ1) is 16.2. The first kappa shape index (κ1) is 24.3. The summed E-state index contributed by atoms with van der Waals surface area (Å²) in [5, 5.41) is 3.07. The van der Waals surface area contributed by atoms with E-state index in [1.807, 2.05) is 4.90 Å². The molecule has 4 nitrogen and oxygen atoms in total. The molecule has 0 unspecified atom stereocenters. The van der Waals surface area contributed by atoms with Gasteiger partial charge < -0.3 is 15.1 Å². The Morgan fingerprint density at radius 1 is 0.794 bits per heavy atom. The highest BCUT2D eigenvalue weighted by Gasteiger charge is 2.30. The van der Waals surface area contributed by atoms with Crippen molar-refractivity contribution >= 4 is 50.5 Å². The van der Waals surface area contributed by atoms with Crippen LogP contribution in [0.15, 0.2) is 46.9 Å². The number of hydrogen-bond acceptors (Lipinski definition) is 3. The molecular weight excluding hydrogens is 545 g/mol. The largest absolute Gasteiger partial charge is 0.368 e. The molecule has 1 N–H and O–H groups in total. The average molecular weight is 561 g/mol. The Bertz CT molecular complexity index is 1220. The van der Waals surface area contributed by atoms with Gasteiger partial charge in [-0.15, -0.1) is 0 Å². The Labute approximate surface area is 205 Å². The molecule has 0 aliphatic carbocycles. The molecule has 3 aromatic rings. The number of nitrogens with one attached hydrogen (secondary N) is 1. The maximum absolute atomic E-state index is 14.1. The summed E-state index contributed by atoms with van der Waals surface area (Å²) in [7, 11) is 0. The minimum absolute atomic E-state index is 0.0538. The van der Waals surface area contributed by atoms with E-state index in [0.29, 0.717) is 33.8 Å². The van der Waals surface area contributed by atoms with Gasteiger partial charge in [0.1, 0.15) is 5.69 Å². The van der Waals surface area contributed by atoms with Crippen molar-refractivity contribution in [3.05, 3.63) is 86.6 Å². The maximum atomic E-state index is 14.1. The second-order valence-electron chi connectivity index (χ2n) is 7.52. The van der Waals surface area contributed by atoms with Gasteiger partial charge in [-0.05, 0) is 42.5 Å². The van der Waals surface area contributed by atoms with Crippen LogP contribution in [-0.2, 0) is 0 Å². The van der Waals surface area contributed by atoms with Crippen molar-refractivity contribution in [3.63, 3.8) is 0 Å². The molecular formula is C23H16BrClF5N3O. The standard InChI is InChI=1S/C23H16BrClF5N3O/c24-12-1-6-16(25)15(11-12)23(34)31-13-2-4-14(5-3-13)32-7-9-33(10-8-32)22-20(29)18(27)17(26)19(28)21(22)30/h1-6,11H,7-10H2,(H,31,34). The highest BCUT2D eigenvalue weighted by molar-refractivity contribution is 9.10. The van der Waals surface area contributed by atoms with Crippen molar-refractivity contribution in [1.82, 2.24) is 0 Å². The fourth-order valence-electron chi connectivity index (χ4n) is 3.68. The van der Waals surface area contributed by atoms with E-state index in [9.17, 15) is 26.7 Å². The van der Waals surface area contributed by atoms with Crippen LogP contribution < -0.4 is 15.1 Å². The fraction of sp³-hybridized carbons (Fsp3) is 0.174. The van der Waals surface area contributed by atoms with Crippen LogP contribution in [0.4, 0.5) is 39.0 Å². The van der Waals surface area contributed by atoms with Gasteiger partial charge in [-0.2, -0.15) is 0 Å². The zero-order valence-corrected chi connectivity index (χ0v) is 19.7. The Kier molecular flexibility index (Phi) is 6.99. The maximum Gasteiger partial charge on any atom is 0.257 e. The smallest absolute Gasteiger partial charge is 0.257 e. The zero-order valence-electron chi connectivity index (χ0n) is 17.3. The minimum atomic E-state index is -2.17. The van der Waals surface area contributed by atoms with E-state index in [1.54, 1.807) is 42.5 Å². The number of carbonyl (C=O) groups is 1. The van der Waals surface area contributed by atoms with Gasteiger partial charge in [0.05, 0.1) is 10.6 Å². The number of anilines is 3. The number of nitrogens with zero attached hydrogens (tertiary/aromatic N) is 2. The summed E-state index contributed by atoms with van der Waals surface area (Å²) in [6.45, 7) is 0.689. The molecule has 0 bridgehead atoms. The lowest BCUT2D eigenvalue weighted by atomic mass is 10.1. The third-order valence-corrected chi connectivity index (χ3v) is 6.27.